The summed E-state index contributed by atoms with van der Waals surface area (Å²) < 4.78 is 0. The number of carbonyl (C=O) groups excluding carboxylic acids is 1. The van der Waals surface area contributed by atoms with E-state index < -0.39 is 0 Å². The fourth-order valence-electron chi connectivity index (χ4n) is 2.55. The van der Waals surface area contributed by atoms with Crippen LogP contribution in [0.5, 0.6) is 0 Å². The van der Waals surface area contributed by atoms with Gasteiger partial charge in [0.2, 0.25) is 5.91 Å². The summed E-state index contributed by atoms with van der Waals surface area (Å²) in [5.74, 6) is -0.102. The molecule has 1 amide bonds. The van der Waals surface area contributed by atoms with Crippen molar-refractivity contribution in [2.45, 2.75) is 26.2 Å². The van der Waals surface area contributed by atoms with Crippen molar-refractivity contribution in [3.05, 3.63) is 0 Å². The topological polar surface area (TPSA) is 43.8 Å². The van der Waals surface area contributed by atoms with Crippen molar-refractivity contribution in [3.63, 3.8) is 0 Å². The molecule has 14 heavy (non-hydrogen) atoms. The lowest BCUT2D eigenvalue weighted by molar-refractivity contribution is -0.157. The molecule has 2 aliphatic rings. The zero-order chi connectivity index (χ0) is 10.2. The smallest absolute Gasteiger partial charge is 0.246 e. The second kappa shape index (κ2) is 3.51. The first-order valence-electron chi connectivity index (χ1n) is 5.37. The van der Waals surface area contributed by atoms with Crippen LogP contribution in [-0.2, 0) is 4.79 Å². The molecule has 0 atom stereocenters. The van der Waals surface area contributed by atoms with Crippen LogP contribution in [0.2, 0.25) is 0 Å². The van der Waals surface area contributed by atoms with Crippen LogP contribution >= 0.6 is 0 Å². The summed E-state index contributed by atoms with van der Waals surface area (Å²) in [5, 5.41) is 10.2. The number of carbonyl (C=O) groups is 1. The minimum Gasteiger partial charge on any atom is -0.304 e. The second-order valence-electron chi connectivity index (χ2n) is 4.56. The van der Waals surface area contributed by atoms with Gasteiger partial charge in [-0.15, -0.1) is 0 Å². The molecule has 4 heteroatoms. The van der Waals surface area contributed by atoms with Crippen molar-refractivity contribution in [2.75, 3.05) is 26.2 Å². The Kier molecular flexibility index (Phi) is 2.49. The van der Waals surface area contributed by atoms with Gasteiger partial charge < -0.3 is 4.90 Å². The van der Waals surface area contributed by atoms with Gasteiger partial charge in [-0.1, -0.05) is 6.92 Å². The predicted molar refractivity (Wildman–Crippen MR) is 51.9 cm³/mol. The monoisotopic (exact) mass is 198 g/mol. The number of piperidine rings is 1. The third-order valence-corrected chi connectivity index (χ3v) is 3.66. The highest BCUT2D eigenvalue weighted by Gasteiger charge is 2.44. The Morgan fingerprint density at radius 2 is 2.07 bits per heavy atom. The minimum absolute atomic E-state index is 0.0809. The molecule has 0 aromatic carbocycles. The third-order valence-electron chi connectivity index (χ3n) is 3.66. The van der Waals surface area contributed by atoms with Gasteiger partial charge >= 0.3 is 0 Å². The van der Waals surface area contributed by atoms with Crippen LogP contribution in [0, 0.1) is 5.41 Å². The molecule has 0 bridgehead atoms. The van der Waals surface area contributed by atoms with E-state index in [9.17, 15) is 10.0 Å². The first-order chi connectivity index (χ1) is 6.65. The molecule has 0 aromatic rings. The van der Waals surface area contributed by atoms with Crippen LogP contribution in [-0.4, -0.2) is 47.3 Å². The van der Waals surface area contributed by atoms with Crippen LogP contribution in [0.3, 0.4) is 0 Å². The minimum atomic E-state index is -0.102. The van der Waals surface area contributed by atoms with E-state index >= 15 is 0 Å². The van der Waals surface area contributed by atoms with Gasteiger partial charge in [-0.05, 0) is 32.5 Å². The molecule has 1 N–H and O–H groups in total. The lowest BCUT2D eigenvalue weighted by atomic mass is 9.78. The Bertz CT molecular complexity index is 234. The lowest BCUT2D eigenvalue weighted by Crippen LogP contribution is -2.41. The fourth-order valence-corrected chi connectivity index (χ4v) is 2.55. The third kappa shape index (κ3) is 1.64. The Morgan fingerprint density at radius 1 is 1.43 bits per heavy atom. The summed E-state index contributed by atoms with van der Waals surface area (Å²) >= 11 is 0. The van der Waals surface area contributed by atoms with Gasteiger partial charge in [0.1, 0.15) is 0 Å². The van der Waals surface area contributed by atoms with Gasteiger partial charge in [-0.3, -0.25) is 10.0 Å². The van der Waals surface area contributed by atoms with Gasteiger partial charge in [0.25, 0.3) is 0 Å². The Morgan fingerprint density at radius 3 is 2.50 bits per heavy atom. The molecular formula is C10H18N2O2. The summed E-state index contributed by atoms with van der Waals surface area (Å²) in [6.45, 7) is 5.93. The number of rotatable bonds is 1. The molecule has 2 aliphatic heterocycles. The van der Waals surface area contributed by atoms with Crippen LogP contribution in [0.15, 0.2) is 0 Å². The predicted octanol–water partition coefficient (Wildman–Crippen LogP) is 0.710. The number of hydroxylamine groups is 2. The zero-order valence-corrected chi connectivity index (χ0v) is 8.70. The van der Waals surface area contributed by atoms with Gasteiger partial charge in [0, 0.05) is 11.8 Å². The van der Waals surface area contributed by atoms with Crippen LogP contribution in [0.4, 0.5) is 0 Å². The molecule has 2 saturated heterocycles. The summed E-state index contributed by atoms with van der Waals surface area (Å²) in [5.41, 5.74) is 0.0809. The van der Waals surface area contributed by atoms with E-state index in [-0.39, 0.29) is 11.3 Å². The number of hydrogen-bond acceptors (Lipinski definition) is 3. The van der Waals surface area contributed by atoms with Gasteiger partial charge in [-0.25, -0.2) is 5.06 Å². The largest absolute Gasteiger partial charge is 0.304 e. The fraction of sp³-hybridized carbons (Fsp3) is 0.900. The average Bonchev–Trinajstić information content (AvgIpc) is 2.44. The quantitative estimate of drug-likeness (QED) is 0.631. The van der Waals surface area contributed by atoms with E-state index in [0.29, 0.717) is 13.0 Å². The van der Waals surface area contributed by atoms with Crippen molar-refractivity contribution in [1.29, 1.82) is 0 Å². The Balaban J connectivity index is 1.97. The molecule has 0 saturated carbocycles. The number of amides is 1. The second-order valence-corrected chi connectivity index (χ2v) is 4.56. The van der Waals surface area contributed by atoms with Crippen molar-refractivity contribution >= 4 is 5.91 Å². The van der Waals surface area contributed by atoms with Crippen molar-refractivity contribution in [3.8, 4) is 0 Å². The molecule has 4 nitrogen and oxygen atoms in total. The molecule has 0 aliphatic carbocycles. The van der Waals surface area contributed by atoms with E-state index in [0.717, 1.165) is 37.5 Å². The van der Waals surface area contributed by atoms with Crippen molar-refractivity contribution in [1.82, 2.24) is 9.96 Å². The molecule has 0 aromatic heterocycles. The van der Waals surface area contributed by atoms with E-state index in [4.69, 9.17) is 0 Å². The highest BCUT2D eigenvalue weighted by atomic mass is 16.5. The Labute approximate surface area is 84.4 Å². The molecular weight excluding hydrogens is 180 g/mol. The molecule has 0 radical (unpaired) electrons. The van der Waals surface area contributed by atoms with Crippen LogP contribution in [0.1, 0.15) is 26.2 Å². The van der Waals surface area contributed by atoms with E-state index in [1.807, 2.05) is 0 Å². The Hall–Kier alpha value is -0.610. The maximum Gasteiger partial charge on any atom is 0.246 e. The SMILES string of the molecule is CCN1CCC2(CC1)CC(=O)N(O)C2. The average molecular weight is 198 g/mol. The number of likely N-dealkylation sites (tertiary alicyclic amines) is 1. The lowest BCUT2D eigenvalue weighted by Gasteiger charge is -2.37. The van der Waals surface area contributed by atoms with E-state index in [2.05, 4.69) is 11.8 Å². The molecule has 80 valence electrons. The number of hydrogen-bond donors (Lipinski definition) is 1. The first-order valence-corrected chi connectivity index (χ1v) is 5.37. The van der Waals surface area contributed by atoms with Gasteiger partial charge in [-0.2, -0.15) is 0 Å². The normalized spacial score (nSPS) is 27.6. The maximum atomic E-state index is 11.3. The van der Waals surface area contributed by atoms with Crippen LogP contribution in [0.25, 0.3) is 0 Å². The summed E-state index contributed by atoms with van der Waals surface area (Å²) in [4.78, 5) is 13.7. The number of nitrogens with zero attached hydrogens (tertiary/aromatic N) is 2. The zero-order valence-electron chi connectivity index (χ0n) is 8.70. The van der Waals surface area contributed by atoms with E-state index in [1.165, 1.54) is 0 Å². The molecule has 1 spiro atoms. The van der Waals surface area contributed by atoms with Gasteiger partial charge in [0.05, 0.1) is 6.54 Å². The molecule has 2 heterocycles. The van der Waals surface area contributed by atoms with Gasteiger partial charge in [0.15, 0.2) is 0 Å². The van der Waals surface area contributed by atoms with E-state index in [1.54, 1.807) is 0 Å². The molecule has 2 rings (SSSR count). The summed E-state index contributed by atoms with van der Waals surface area (Å²) in [7, 11) is 0. The first kappa shape index (κ1) is 9.93. The molecule has 2 fully saturated rings. The van der Waals surface area contributed by atoms with Crippen molar-refractivity contribution < 1.29 is 10.0 Å². The van der Waals surface area contributed by atoms with Crippen molar-refractivity contribution in [2.24, 2.45) is 5.41 Å². The highest BCUT2D eigenvalue weighted by molar-refractivity contribution is 5.78. The highest BCUT2D eigenvalue weighted by Crippen LogP contribution is 2.40. The summed E-state index contributed by atoms with van der Waals surface area (Å²) in [6.07, 6.45) is 2.63. The molecule has 0 unspecified atom stereocenters. The maximum absolute atomic E-state index is 11.3. The standard InChI is InChI=1S/C10H18N2O2/c1-2-11-5-3-10(4-6-11)7-9(13)12(14)8-10/h14H,2-8H2,1H3. The van der Waals surface area contributed by atoms with Crippen LogP contribution < -0.4 is 0 Å². The summed E-state index contributed by atoms with van der Waals surface area (Å²) in [6, 6.07) is 0.